The van der Waals surface area contributed by atoms with E-state index in [1.165, 1.54) is 71.1 Å². The standard InChI is InChI=1S/C96H68N8/c1-57-15-27-84-75(45-57)76-46-58(2)16-28-85(76)101(84)90-53-68(63-33-39-97-40-34-63)21-24-72(90)82-56-94(104-83-14-10-9-13-71(83)81-51-66-11-7-8-12-67(66)52-93(81)104)96(74-26-23-70(65-37-43-99-44-38-65)55-92(74)103-88-31-19-61(5)49-79(88)80-50-62(6)20-32-89(80)103)100-95(82)73-25-22-69(64-35-41-98-42-36-64)54-91(73)102-86-29-17-59(3)47-77(86)78-48-60(4)18-30-87(78)102/h7-56H,1-6H3. The Bertz CT molecular complexity index is 6790. The Kier molecular flexibility index (Phi) is 13.8. The first-order valence-electron chi connectivity index (χ1n) is 35.7. The van der Waals surface area contributed by atoms with Crippen molar-refractivity contribution >= 4 is 98.0 Å². The lowest BCUT2D eigenvalue weighted by molar-refractivity contribution is 1.12. The molecule has 0 bridgehead atoms. The molecule has 20 aromatic rings. The molecule has 12 aromatic carbocycles. The molecular formula is C96H68N8. The van der Waals surface area contributed by atoms with Crippen molar-refractivity contribution in [3.8, 4) is 89.8 Å². The van der Waals surface area contributed by atoms with Crippen LogP contribution in [0, 0.1) is 41.5 Å². The van der Waals surface area contributed by atoms with Crippen LogP contribution in [0.25, 0.3) is 188 Å². The van der Waals surface area contributed by atoms with Crippen LogP contribution in [0.1, 0.15) is 33.4 Å². The number of aromatic nitrogens is 8. The zero-order valence-electron chi connectivity index (χ0n) is 58.4. The molecule has 20 rings (SSSR count). The highest BCUT2D eigenvalue weighted by molar-refractivity contribution is 6.17. The second-order valence-electron chi connectivity index (χ2n) is 28.4. The second-order valence-corrected chi connectivity index (χ2v) is 28.4. The van der Waals surface area contributed by atoms with E-state index in [1.54, 1.807) is 0 Å². The van der Waals surface area contributed by atoms with Gasteiger partial charge in [-0.1, -0.05) is 143 Å². The number of fused-ring (bicyclic) bond motifs is 13. The van der Waals surface area contributed by atoms with Gasteiger partial charge in [0.05, 0.1) is 78.3 Å². The van der Waals surface area contributed by atoms with Crippen LogP contribution in [0.5, 0.6) is 0 Å². The van der Waals surface area contributed by atoms with E-state index in [0.29, 0.717) is 0 Å². The Morgan fingerprint density at radius 1 is 0.202 bits per heavy atom. The number of nitrogens with zero attached hydrogens (tertiary/aromatic N) is 8. The van der Waals surface area contributed by atoms with E-state index in [9.17, 15) is 0 Å². The van der Waals surface area contributed by atoms with Gasteiger partial charge in [-0.2, -0.15) is 0 Å². The van der Waals surface area contributed by atoms with Gasteiger partial charge in [-0.3, -0.25) is 15.0 Å². The third kappa shape index (κ3) is 9.66. The third-order valence-corrected chi connectivity index (χ3v) is 21.6. The number of hydrogen-bond acceptors (Lipinski definition) is 4. The molecule has 0 N–H and O–H groups in total. The first-order chi connectivity index (χ1) is 51.0. The minimum Gasteiger partial charge on any atom is -0.309 e. The molecule has 8 aromatic heterocycles. The second kappa shape index (κ2) is 23.7. The molecule has 0 saturated heterocycles. The summed E-state index contributed by atoms with van der Waals surface area (Å²) < 4.78 is 10.0. The van der Waals surface area contributed by atoms with Gasteiger partial charge in [-0.25, -0.2) is 4.98 Å². The van der Waals surface area contributed by atoms with Crippen molar-refractivity contribution in [2.24, 2.45) is 0 Å². The Hall–Kier alpha value is -13.3. The third-order valence-electron chi connectivity index (χ3n) is 21.6. The maximum Gasteiger partial charge on any atom is 0.0971 e. The highest BCUT2D eigenvalue weighted by Gasteiger charge is 2.30. The molecule has 0 amide bonds. The van der Waals surface area contributed by atoms with E-state index >= 15 is 0 Å². The van der Waals surface area contributed by atoms with Gasteiger partial charge in [0.15, 0.2) is 0 Å². The number of benzene rings is 12. The number of pyridine rings is 4. The molecule has 104 heavy (non-hydrogen) atoms. The van der Waals surface area contributed by atoms with Crippen molar-refractivity contribution < 1.29 is 0 Å². The molecule has 0 aliphatic heterocycles. The number of aryl methyl sites for hydroxylation is 6. The molecule has 0 aliphatic carbocycles. The minimum absolute atomic E-state index is 0.806. The summed E-state index contributed by atoms with van der Waals surface area (Å²) in [7, 11) is 0. The SMILES string of the molecule is Cc1ccc2c(c1)c1cc(C)ccc1n2-c1cc(-c2ccncc2)ccc1-c1cc(-n2c3ccccc3c3cc4ccccc4cc32)c(-c2ccc(-c3ccncc3)cc2-n2c3ccc(C)cc3c3cc(C)ccc32)nc1-c1ccc(-c2ccncc2)cc1-n1c2ccc(C)cc2c2cc(C)ccc21. The maximum atomic E-state index is 6.71. The molecular weight excluding hydrogens is 1270 g/mol. The van der Waals surface area contributed by atoms with Crippen molar-refractivity contribution in [1.82, 2.24) is 38.2 Å². The van der Waals surface area contributed by atoms with E-state index in [0.717, 1.165) is 150 Å². The van der Waals surface area contributed by atoms with Gasteiger partial charge in [0.1, 0.15) is 0 Å². The smallest absolute Gasteiger partial charge is 0.0971 e. The molecule has 0 atom stereocenters. The van der Waals surface area contributed by atoms with Gasteiger partial charge < -0.3 is 18.3 Å². The van der Waals surface area contributed by atoms with E-state index in [4.69, 9.17) is 4.98 Å². The Morgan fingerprint density at radius 2 is 0.519 bits per heavy atom. The molecule has 0 saturated carbocycles. The van der Waals surface area contributed by atoms with Crippen LogP contribution in [-0.4, -0.2) is 38.2 Å². The van der Waals surface area contributed by atoms with Gasteiger partial charge in [-0.05, 0) is 243 Å². The van der Waals surface area contributed by atoms with Crippen molar-refractivity contribution in [1.29, 1.82) is 0 Å². The molecule has 8 nitrogen and oxygen atoms in total. The molecule has 0 spiro atoms. The molecule has 0 fully saturated rings. The summed E-state index contributed by atoms with van der Waals surface area (Å²) >= 11 is 0. The molecule has 0 unspecified atom stereocenters. The monoisotopic (exact) mass is 1330 g/mol. The first-order valence-corrected chi connectivity index (χ1v) is 35.7. The summed E-state index contributed by atoms with van der Waals surface area (Å²) in [5.74, 6) is 0. The van der Waals surface area contributed by atoms with E-state index < -0.39 is 0 Å². The first kappa shape index (κ1) is 60.6. The van der Waals surface area contributed by atoms with E-state index in [1.807, 2.05) is 37.2 Å². The Morgan fingerprint density at radius 3 is 0.923 bits per heavy atom. The zero-order valence-corrected chi connectivity index (χ0v) is 58.4. The van der Waals surface area contributed by atoms with Crippen molar-refractivity contribution in [3.05, 3.63) is 337 Å². The average molecular weight is 1330 g/mol. The highest BCUT2D eigenvalue weighted by Crippen LogP contribution is 2.50. The predicted molar refractivity (Wildman–Crippen MR) is 434 cm³/mol. The Balaban J connectivity index is 1.01. The van der Waals surface area contributed by atoms with Crippen LogP contribution in [0.15, 0.2) is 304 Å². The van der Waals surface area contributed by atoms with E-state index in [-0.39, 0.29) is 0 Å². The van der Waals surface area contributed by atoms with Crippen LogP contribution in [0.3, 0.4) is 0 Å². The zero-order chi connectivity index (χ0) is 69.6. The quantitative estimate of drug-likeness (QED) is 0.137. The summed E-state index contributed by atoms with van der Waals surface area (Å²) in [6.45, 7) is 13.2. The molecule has 8 heteroatoms. The Labute approximate surface area is 601 Å². The fourth-order valence-corrected chi connectivity index (χ4v) is 16.7. The lowest BCUT2D eigenvalue weighted by Crippen LogP contribution is -2.08. The topological polar surface area (TPSA) is 71.3 Å². The van der Waals surface area contributed by atoms with Crippen molar-refractivity contribution in [2.45, 2.75) is 41.5 Å². The summed E-state index contributed by atoms with van der Waals surface area (Å²) in [5, 5.41) is 11.8. The number of rotatable bonds is 10. The van der Waals surface area contributed by atoms with E-state index in [2.05, 4.69) is 342 Å². The largest absolute Gasteiger partial charge is 0.309 e. The van der Waals surface area contributed by atoms with Gasteiger partial charge in [0, 0.05) is 103 Å². The van der Waals surface area contributed by atoms with Crippen molar-refractivity contribution in [2.75, 3.05) is 0 Å². The van der Waals surface area contributed by atoms with Crippen LogP contribution in [0.4, 0.5) is 0 Å². The summed E-state index contributed by atoms with van der Waals surface area (Å²) in [5.41, 5.74) is 31.7. The fraction of sp³-hybridized carbons (Fsp3) is 0.0625. The summed E-state index contributed by atoms with van der Waals surface area (Å²) in [6.07, 6.45) is 11.4. The van der Waals surface area contributed by atoms with Crippen LogP contribution < -0.4 is 0 Å². The lowest BCUT2D eigenvalue weighted by atomic mass is 9.91. The average Bonchev–Trinajstić information content (AvgIpc) is 1.45. The number of hydrogen-bond donors (Lipinski definition) is 0. The molecule has 0 radical (unpaired) electrons. The summed E-state index contributed by atoms with van der Waals surface area (Å²) in [6, 6.07) is 100. The highest BCUT2D eigenvalue weighted by atomic mass is 15.0. The normalized spacial score (nSPS) is 11.9. The van der Waals surface area contributed by atoms with Crippen LogP contribution in [-0.2, 0) is 0 Å². The minimum atomic E-state index is 0.806. The predicted octanol–water partition coefficient (Wildman–Crippen LogP) is 24.7. The van der Waals surface area contributed by atoms with Gasteiger partial charge in [-0.15, -0.1) is 0 Å². The van der Waals surface area contributed by atoms with Gasteiger partial charge in [0.25, 0.3) is 0 Å². The number of para-hydroxylation sites is 1. The van der Waals surface area contributed by atoms with Gasteiger partial charge in [0.2, 0.25) is 0 Å². The summed E-state index contributed by atoms with van der Waals surface area (Å²) in [4.78, 5) is 20.3. The van der Waals surface area contributed by atoms with Crippen LogP contribution >= 0.6 is 0 Å². The fourth-order valence-electron chi connectivity index (χ4n) is 16.7. The molecule has 492 valence electrons. The molecule has 8 heterocycles. The maximum absolute atomic E-state index is 6.71. The lowest BCUT2D eigenvalue weighted by Gasteiger charge is -2.24. The van der Waals surface area contributed by atoms with Crippen molar-refractivity contribution in [3.63, 3.8) is 0 Å². The van der Waals surface area contributed by atoms with Gasteiger partial charge >= 0.3 is 0 Å². The molecule has 0 aliphatic rings. The van der Waals surface area contributed by atoms with Crippen LogP contribution in [0.2, 0.25) is 0 Å².